The number of rotatable bonds is 4. The molecule has 0 saturated carbocycles. The number of likely N-dealkylation sites (N-methyl/N-ethyl adjacent to an activating group) is 1. The SMILES string of the molecule is COc1cccc(NC(=O)N2CCN(CC3CCCCN3C)CC2)c1. The number of methoxy groups -OCH3 is 1. The molecule has 0 aromatic heterocycles. The van der Waals surface area contributed by atoms with Crippen LogP contribution in [-0.2, 0) is 0 Å². The van der Waals surface area contributed by atoms with E-state index in [4.69, 9.17) is 4.74 Å². The highest BCUT2D eigenvalue weighted by Gasteiger charge is 2.25. The number of likely N-dealkylation sites (tertiary alicyclic amines) is 1. The van der Waals surface area contributed by atoms with E-state index in [1.807, 2.05) is 29.2 Å². The third kappa shape index (κ3) is 4.86. The average Bonchev–Trinajstić information content (AvgIpc) is 2.64. The van der Waals surface area contributed by atoms with Gasteiger partial charge < -0.3 is 19.9 Å². The third-order valence-electron chi connectivity index (χ3n) is 5.37. The van der Waals surface area contributed by atoms with Gasteiger partial charge in [0.25, 0.3) is 0 Å². The summed E-state index contributed by atoms with van der Waals surface area (Å²) in [6, 6.07) is 8.13. The molecule has 1 atom stereocenters. The van der Waals surface area contributed by atoms with E-state index >= 15 is 0 Å². The van der Waals surface area contributed by atoms with Crippen LogP contribution in [0.5, 0.6) is 5.75 Å². The first-order chi connectivity index (χ1) is 12.2. The number of nitrogens with zero attached hydrogens (tertiary/aromatic N) is 3. The number of urea groups is 1. The lowest BCUT2D eigenvalue weighted by atomic mass is 10.0. The Bertz CT molecular complexity index is 572. The van der Waals surface area contributed by atoms with Gasteiger partial charge in [0.2, 0.25) is 0 Å². The largest absolute Gasteiger partial charge is 0.497 e. The van der Waals surface area contributed by atoms with Crippen molar-refractivity contribution in [2.45, 2.75) is 25.3 Å². The van der Waals surface area contributed by atoms with Crippen LogP contribution in [0.15, 0.2) is 24.3 Å². The van der Waals surface area contributed by atoms with Crippen LogP contribution < -0.4 is 10.1 Å². The second-order valence-corrected chi connectivity index (χ2v) is 7.08. The molecule has 2 heterocycles. The minimum Gasteiger partial charge on any atom is -0.497 e. The molecule has 25 heavy (non-hydrogen) atoms. The summed E-state index contributed by atoms with van der Waals surface area (Å²) in [6.45, 7) is 5.82. The predicted molar refractivity (Wildman–Crippen MR) is 100 cm³/mol. The number of hydrogen-bond donors (Lipinski definition) is 1. The molecule has 6 heteroatoms. The van der Waals surface area contributed by atoms with Gasteiger partial charge in [-0.3, -0.25) is 4.90 Å². The van der Waals surface area contributed by atoms with Crippen molar-refractivity contribution in [3.05, 3.63) is 24.3 Å². The van der Waals surface area contributed by atoms with E-state index in [2.05, 4.69) is 22.2 Å². The maximum atomic E-state index is 12.5. The second-order valence-electron chi connectivity index (χ2n) is 7.08. The van der Waals surface area contributed by atoms with Gasteiger partial charge in [-0.2, -0.15) is 0 Å². The molecule has 2 aliphatic rings. The quantitative estimate of drug-likeness (QED) is 0.909. The van der Waals surface area contributed by atoms with Crippen molar-refractivity contribution in [2.24, 2.45) is 0 Å². The zero-order valence-electron chi connectivity index (χ0n) is 15.4. The van der Waals surface area contributed by atoms with Crippen molar-refractivity contribution in [3.63, 3.8) is 0 Å². The van der Waals surface area contributed by atoms with Gasteiger partial charge in [-0.15, -0.1) is 0 Å². The van der Waals surface area contributed by atoms with Crippen LogP contribution in [0.4, 0.5) is 10.5 Å². The van der Waals surface area contributed by atoms with E-state index < -0.39 is 0 Å². The highest BCUT2D eigenvalue weighted by atomic mass is 16.5. The molecule has 2 aliphatic heterocycles. The molecular weight excluding hydrogens is 316 g/mol. The summed E-state index contributed by atoms with van der Waals surface area (Å²) < 4.78 is 5.20. The number of benzene rings is 1. The normalized spacial score (nSPS) is 22.6. The topological polar surface area (TPSA) is 48.1 Å². The molecule has 1 unspecified atom stereocenters. The Hall–Kier alpha value is -1.79. The van der Waals surface area contributed by atoms with Crippen LogP contribution in [-0.4, -0.2) is 80.2 Å². The van der Waals surface area contributed by atoms with E-state index in [1.54, 1.807) is 7.11 Å². The highest BCUT2D eigenvalue weighted by molar-refractivity contribution is 5.89. The number of carbonyl (C=O) groups excluding carboxylic acids is 1. The molecule has 1 aromatic rings. The number of ether oxygens (including phenoxy) is 1. The molecule has 0 spiro atoms. The fourth-order valence-corrected chi connectivity index (χ4v) is 3.71. The van der Waals surface area contributed by atoms with Crippen LogP contribution in [0.3, 0.4) is 0 Å². The van der Waals surface area contributed by atoms with Gasteiger partial charge in [0, 0.05) is 50.5 Å². The van der Waals surface area contributed by atoms with Gasteiger partial charge in [0.05, 0.1) is 7.11 Å². The van der Waals surface area contributed by atoms with Crippen LogP contribution in [0.25, 0.3) is 0 Å². The van der Waals surface area contributed by atoms with Crippen molar-refractivity contribution in [2.75, 3.05) is 58.7 Å². The van der Waals surface area contributed by atoms with Gasteiger partial charge in [-0.1, -0.05) is 12.5 Å². The van der Waals surface area contributed by atoms with Gasteiger partial charge in [0.15, 0.2) is 0 Å². The van der Waals surface area contributed by atoms with Crippen molar-refractivity contribution in [1.29, 1.82) is 0 Å². The molecular formula is C19H30N4O2. The van der Waals surface area contributed by atoms with Crippen LogP contribution in [0, 0.1) is 0 Å². The number of hydrogen-bond acceptors (Lipinski definition) is 4. The Kier molecular flexibility index (Phi) is 6.15. The first-order valence-corrected chi connectivity index (χ1v) is 9.28. The fourth-order valence-electron chi connectivity index (χ4n) is 3.71. The van der Waals surface area contributed by atoms with Crippen molar-refractivity contribution < 1.29 is 9.53 Å². The first-order valence-electron chi connectivity index (χ1n) is 9.28. The lowest BCUT2D eigenvalue weighted by molar-refractivity contribution is 0.0956. The lowest BCUT2D eigenvalue weighted by Gasteiger charge is -2.40. The summed E-state index contributed by atoms with van der Waals surface area (Å²) in [5, 5.41) is 2.97. The smallest absolute Gasteiger partial charge is 0.321 e. The number of piperidine rings is 1. The molecule has 1 aromatic carbocycles. The van der Waals surface area contributed by atoms with Gasteiger partial charge in [-0.25, -0.2) is 4.79 Å². The van der Waals surface area contributed by atoms with E-state index in [0.717, 1.165) is 44.2 Å². The molecule has 6 nitrogen and oxygen atoms in total. The van der Waals surface area contributed by atoms with Gasteiger partial charge in [-0.05, 0) is 38.6 Å². The zero-order valence-corrected chi connectivity index (χ0v) is 15.4. The number of carbonyl (C=O) groups is 1. The standard InChI is InChI=1S/C19H30N4O2/c1-21-9-4-3-7-17(21)15-22-10-12-23(13-11-22)19(24)20-16-6-5-8-18(14-16)25-2/h5-6,8,14,17H,3-4,7,9-13,15H2,1-2H3,(H,20,24). The Morgan fingerprint density at radius 2 is 2.00 bits per heavy atom. The number of amides is 2. The van der Waals surface area contributed by atoms with Crippen LogP contribution in [0.1, 0.15) is 19.3 Å². The number of piperazine rings is 1. The molecule has 3 rings (SSSR count). The van der Waals surface area contributed by atoms with Gasteiger partial charge in [0.1, 0.15) is 5.75 Å². The van der Waals surface area contributed by atoms with Crippen LogP contribution >= 0.6 is 0 Å². The summed E-state index contributed by atoms with van der Waals surface area (Å²) in [6.07, 6.45) is 3.97. The van der Waals surface area contributed by atoms with Crippen molar-refractivity contribution >= 4 is 11.7 Å². The summed E-state index contributed by atoms with van der Waals surface area (Å²) >= 11 is 0. The fraction of sp³-hybridized carbons (Fsp3) is 0.632. The Balaban J connectivity index is 1.45. The van der Waals surface area contributed by atoms with Crippen molar-refractivity contribution in [1.82, 2.24) is 14.7 Å². The van der Waals surface area contributed by atoms with Crippen LogP contribution in [0.2, 0.25) is 0 Å². The van der Waals surface area contributed by atoms with E-state index in [0.29, 0.717) is 6.04 Å². The molecule has 1 N–H and O–H groups in total. The molecule has 138 valence electrons. The molecule has 0 bridgehead atoms. The monoisotopic (exact) mass is 346 g/mol. The van der Waals surface area contributed by atoms with E-state index in [9.17, 15) is 4.79 Å². The third-order valence-corrected chi connectivity index (χ3v) is 5.37. The molecule has 2 amide bonds. The minimum atomic E-state index is -0.0253. The summed E-state index contributed by atoms with van der Waals surface area (Å²) in [4.78, 5) is 19.4. The molecule has 2 fully saturated rings. The molecule has 0 aliphatic carbocycles. The first kappa shape index (κ1) is 18.0. The summed E-state index contributed by atoms with van der Waals surface area (Å²) in [5.74, 6) is 0.749. The number of nitrogens with one attached hydrogen (secondary N) is 1. The Labute approximate surface area is 150 Å². The summed E-state index contributed by atoms with van der Waals surface area (Å²) in [7, 11) is 3.87. The Morgan fingerprint density at radius 3 is 2.72 bits per heavy atom. The predicted octanol–water partition coefficient (Wildman–Crippen LogP) is 2.33. The average molecular weight is 346 g/mol. The summed E-state index contributed by atoms with van der Waals surface area (Å²) in [5.41, 5.74) is 0.774. The maximum absolute atomic E-state index is 12.5. The molecule has 2 saturated heterocycles. The van der Waals surface area contributed by atoms with Gasteiger partial charge >= 0.3 is 6.03 Å². The van der Waals surface area contributed by atoms with E-state index in [1.165, 1.54) is 25.8 Å². The maximum Gasteiger partial charge on any atom is 0.321 e. The van der Waals surface area contributed by atoms with Crippen molar-refractivity contribution in [3.8, 4) is 5.75 Å². The Morgan fingerprint density at radius 1 is 1.20 bits per heavy atom. The minimum absolute atomic E-state index is 0.0253. The molecule has 0 radical (unpaired) electrons. The highest BCUT2D eigenvalue weighted by Crippen LogP contribution is 2.19. The van der Waals surface area contributed by atoms with E-state index in [-0.39, 0.29) is 6.03 Å². The second kappa shape index (κ2) is 8.54. The lowest BCUT2D eigenvalue weighted by Crippen LogP contribution is -2.53. The zero-order chi connectivity index (χ0) is 17.6. The number of anilines is 1.